The van der Waals surface area contributed by atoms with E-state index in [1.807, 2.05) is 6.07 Å². The van der Waals surface area contributed by atoms with Crippen molar-refractivity contribution in [3.05, 3.63) is 64.5 Å². The lowest BCUT2D eigenvalue weighted by atomic mass is 9.80. The number of halogens is 1. The molecule has 1 saturated carbocycles. The molecule has 4 amide bonds. The molecule has 2 aliphatic heterocycles. The zero-order valence-electron chi connectivity index (χ0n) is 18.4. The molecule has 0 bridgehead atoms. The molecule has 5 rings (SSSR count). The first-order valence-electron chi connectivity index (χ1n) is 11.4. The van der Waals surface area contributed by atoms with Crippen LogP contribution in [0.2, 0.25) is 0 Å². The number of imide groups is 1. The Balaban J connectivity index is 1.19. The number of carbonyl (C=O) groups is 4. The number of hydrogen-bond donors (Lipinski definition) is 2. The zero-order valence-corrected chi connectivity index (χ0v) is 18.4. The van der Waals surface area contributed by atoms with Gasteiger partial charge in [-0.05, 0) is 60.1 Å². The molecule has 0 radical (unpaired) electrons. The van der Waals surface area contributed by atoms with Crippen molar-refractivity contribution in [2.75, 3.05) is 5.32 Å². The minimum absolute atomic E-state index is 0.0529. The van der Waals surface area contributed by atoms with Gasteiger partial charge in [0.15, 0.2) is 0 Å². The number of benzene rings is 2. The Kier molecular flexibility index (Phi) is 5.77. The zero-order chi connectivity index (χ0) is 23.8. The van der Waals surface area contributed by atoms with Crippen molar-refractivity contribution in [2.24, 2.45) is 0 Å². The quantitative estimate of drug-likeness (QED) is 0.657. The van der Waals surface area contributed by atoms with Gasteiger partial charge in [0.25, 0.3) is 5.91 Å². The molecule has 2 aromatic rings. The molecule has 1 unspecified atom stereocenters. The highest BCUT2D eigenvalue weighted by Gasteiger charge is 2.39. The van der Waals surface area contributed by atoms with Gasteiger partial charge >= 0.3 is 6.09 Å². The molecule has 0 spiro atoms. The molecule has 176 valence electrons. The average Bonchev–Trinajstić information content (AvgIpc) is 3.09. The second-order valence-corrected chi connectivity index (χ2v) is 8.96. The molecule has 9 heteroatoms. The van der Waals surface area contributed by atoms with E-state index in [2.05, 4.69) is 10.6 Å². The predicted octanol–water partition coefficient (Wildman–Crippen LogP) is 3.60. The maximum atomic E-state index is 14.4. The molecular formula is C25H24FN3O5. The summed E-state index contributed by atoms with van der Waals surface area (Å²) >= 11 is 0. The third-order valence-corrected chi connectivity index (χ3v) is 6.77. The molecule has 2 N–H and O–H groups in total. The van der Waals surface area contributed by atoms with E-state index in [9.17, 15) is 23.6 Å². The highest BCUT2D eigenvalue weighted by molar-refractivity contribution is 6.05. The summed E-state index contributed by atoms with van der Waals surface area (Å²) < 4.78 is 19.6. The van der Waals surface area contributed by atoms with Gasteiger partial charge in [-0.1, -0.05) is 24.6 Å². The van der Waals surface area contributed by atoms with Crippen LogP contribution >= 0.6 is 0 Å². The van der Waals surface area contributed by atoms with Gasteiger partial charge < -0.3 is 9.64 Å². The second kappa shape index (κ2) is 8.89. The highest BCUT2D eigenvalue weighted by Crippen LogP contribution is 2.37. The van der Waals surface area contributed by atoms with E-state index in [1.54, 1.807) is 24.3 Å². The molecule has 8 nitrogen and oxygen atoms in total. The SMILES string of the molecule is O=C1CCC(N2Cc3ccc(COC(=O)Nc4ccc(C5CCC5)cc4F)cc3C2=O)C(=O)N1. The minimum Gasteiger partial charge on any atom is -0.444 e. The van der Waals surface area contributed by atoms with Gasteiger partial charge in [0.05, 0.1) is 5.69 Å². The first-order valence-corrected chi connectivity index (χ1v) is 11.4. The van der Waals surface area contributed by atoms with E-state index in [0.717, 1.165) is 30.4 Å². The predicted molar refractivity (Wildman–Crippen MR) is 119 cm³/mol. The van der Waals surface area contributed by atoms with Gasteiger partial charge in [-0.3, -0.25) is 25.0 Å². The van der Waals surface area contributed by atoms with Crippen LogP contribution in [0.1, 0.15) is 65.1 Å². The van der Waals surface area contributed by atoms with Gasteiger partial charge in [-0.15, -0.1) is 0 Å². The van der Waals surface area contributed by atoms with Gasteiger partial charge in [0.2, 0.25) is 11.8 Å². The maximum absolute atomic E-state index is 14.4. The maximum Gasteiger partial charge on any atom is 0.412 e. The van der Waals surface area contributed by atoms with Crippen molar-refractivity contribution in [1.29, 1.82) is 0 Å². The number of anilines is 1. The van der Waals surface area contributed by atoms with Crippen molar-refractivity contribution in [2.45, 2.75) is 57.2 Å². The Bertz CT molecular complexity index is 1190. The Hall–Kier alpha value is -3.75. The van der Waals surface area contributed by atoms with Crippen LogP contribution in [0, 0.1) is 5.82 Å². The van der Waals surface area contributed by atoms with Crippen LogP contribution in [0.25, 0.3) is 0 Å². The lowest BCUT2D eigenvalue weighted by molar-refractivity contribution is -0.136. The number of hydrogen-bond acceptors (Lipinski definition) is 5. The molecule has 1 aliphatic carbocycles. The van der Waals surface area contributed by atoms with Crippen LogP contribution in [0.3, 0.4) is 0 Å². The number of amides is 4. The Labute approximate surface area is 195 Å². The molecule has 2 fully saturated rings. The van der Waals surface area contributed by atoms with Crippen LogP contribution in [-0.4, -0.2) is 34.8 Å². The largest absolute Gasteiger partial charge is 0.444 e. The summed E-state index contributed by atoms with van der Waals surface area (Å²) in [5.74, 6) is -1.21. The van der Waals surface area contributed by atoms with Crippen molar-refractivity contribution in [3.63, 3.8) is 0 Å². The van der Waals surface area contributed by atoms with E-state index in [-0.39, 0.29) is 37.1 Å². The number of piperidine rings is 1. The third kappa shape index (κ3) is 4.25. The monoisotopic (exact) mass is 465 g/mol. The van der Waals surface area contributed by atoms with Crippen molar-refractivity contribution in [1.82, 2.24) is 10.2 Å². The summed E-state index contributed by atoms with van der Waals surface area (Å²) in [5, 5.41) is 4.69. The Morgan fingerprint density at radius 2 is 1.94 bits per heavy atom. The summed E-state index contributed by atoms with van der Waals surface area (Å²) in [6.07, 6.45) is 2.95. The van der Waals surface area contributed by atoms with Crippen LogP contribution < -0.4 is 10.6 Å². The number of fused-ring (bicyclic) bond motifs is 1. The van der Waals surface area contributed by atoms with Crippen molar-refractivity contribution in [3.8, 4) is 0 Å². The first kappa shape index (κ1) is 22.1. The summed E-state index contributed by atoms with van der Waals surface area (Å²) in [6, 6.07) is 9.26. The molecular weight excluding hydrogens is 441 g/mol. The summed E-state index contributed by atoms with van der Waals surface area (Å²) in [4.78, 5) is 50.1. The average molecular weight is 465 g/mol. The summed E-state index contributed by atoms with van der Waals surface area (Å²) in [5.41, 5.74) is 2.78. The van der Waals surface area contributed by atoms with E-state index in [4.69, 9.17) is 4.74 Å². The molecule has 1 atom stereocenters. The lowest BCUT2D eigenvalue weighted by Crippen LogP contribution is -2.52. The Morgan fingerprint density at radius 3 is 2.65 bits per heavy atom. The van der Waals surface area contributed by atoms with Gasteiger partial charge in [0.1, 0.15) is 18.5 Å². The summed E-state index contributed by atoms with van der Waals surface area (Å²) in [7, 11) is 0. The van der Waals surface area contributed by atoms with Crippen LogP contribution in [-0.2, 0) is 27.5 Å². The van der Waals surface area contributed by atoms with Crippen molar-refractivity contribution >= 4 is 29.5 Å². The number of rotatable bonds is 5. The first-order chi connectivity index (χ1) is 16.4. The molecule has 0 aromatic heterocycles. The smallest absolute Gasteiger partial charge is 0.412 e. The molecule has 2 aromatic carbocycles. The van der Waals surface area contributed by atoms with Gasteiger partial charge in [0, 0.05) is 18.5 Å². The standard InChI is InChI=1S/C25H24FN3O5/c26-19-11-16(15-2-1-3-15)6-7-20(19)27-25(33)34-13-14-4-5-17-12-29(24(32)18(17)10-14)21-8-9-22(30)28-23(21)31/h4-7,10-11,15,21H,1-3,8-9,12-13H2,(H,27,33)(H,28,30,31). The lowest BCUT2D eigenvalue weighted by Gasteiger charge is -2.29. The van der Waals surface area contributed by atoms with E-state index in [1.165, 1.54) is 11.0 Å². The fourth-order valence-corrected chi connectivity index (χ4v) is 4.61. The number of carbonyl (C=O) groups excluding carboxylic acids is 4. The summed E-state index contributed by atoms with van der Waals surface area (Å²) in [6.45, 7) is 0.171. The normalized spacial score (nSPS) is 20.0. The number of ether oxygens (including phenoxy) is 1. The second-order valence-electron chi connectivity index (χ2n) is 8.96. The fraction of sp³-hybridized carbons (Fsp3) is 0.360. The molecule has 1 saturated heterocycles. The van der Waals surface area contributed by atoms with E-state index >= 15 is 0 Å². The van der Waals surface area contributed by atoms with Crippen LogP contribution in [0.4, 0.5) is 14.9 Å². The topological polar surface area (TPSA) is 105 Å². The number of nitrogens with one attached hydrogen (secondary N) is 2. The van der Waals surface area contributed by atoms with Crippen LogP contribution in [0.15, 0.2) is 36.4 Å². The minimum atomic E-state index is -0.799. The van der Waals surface area contributed by atoms with Gasteiger partial charge in [-0.25, -0.2) is 9.18 Å². The fourth-order valence-electron chi connectivity index (χ4n) is 4.61. The van der Waals surface area contributed by atoms with E-state index in [0.29, 0.717) is 23.5 Å². The molecule has 2 heterocycles. The van der Waals surface area contributed by atoms with E-state index < -0.39 is 23.9 Å². The Morgan fingerprint density at radius 1 is 1.12 bits per heavy atom. The van der Waals surface area contributed by atoms with Crippen LogP contribution in [0.5, 0.6) is 0 Å². The third-order valence-electron chi connectivity index (χ3n) is 6.77. The molecule has 34 heavy (non-hydrogen) atoms. The number of nitrogens with zero attached hydrogens (tertiary/aromatic N) is 1. The van der Waals surface area contributed by atoms with Crippen molar-refractivity contribution < 1.29 is 28.3 Å². The highest BCUT2D eigenvalue weighted by atomic mass is 19.1. The van der Waals surface area contributed by atoms with Gasteiger partial charge in [-0.2, -0.15) is 0 Å². The molecule has 3 aliphatic rings.